The summed E-state index contributed by atoms with van der Waals surface area (Å²) < 4.78 is 22.8. The molecule has 12 unspecified atom stereocenters. The third kappa shape index (κ3) is 41.7. The molecule has 9 N–H and O–H groups in total. The number of nitrogens with one attached hydrogen (secondary N) is 1. The molecule has 2 aliphatic rings. The van der Waals surface area contributed by atoms with Gasteiger partial charge in [-0.1, -0.05) is 280 Å². The van der Waals surface area contributed by atoms with Crippen LogP contribution in [0.5, 0.6) is 0 Å². The van der Waals surface area contributed by atoms with Gasteiger partial charge in [-0.05, 0) is 77.0 Å². The van der Waals surface area contributed by atoms with Crippen molar-refractivity contribution in [3.05, 3.63) is 60.8 Å². The lowest BCUT2D eigenvalue weighted by Crippen LogP contribution is -2.65. The second-order valence-corrected chi connectivity index (χ2v) is 25.3. The molecule has 0 aliphatic carbocycles. The van der Waals surface area contributed by atoms with Crippen LogP contribution >= 0.6 is 0 Å². The number of amides is 1. The average Bonchev–Trinajstić information content (AvgIpc) is 2.36. The van der Waals surface area contributed by atoms with Crippen molar-refractivity contribution in [1.29, 1.82) is 0 Å². The van der Waals surface area contributed by atoms with Gasteiger partial charge in [0.15, 0.2) is 12.6 Å². The third-order valence-electron chi connectivity index (χ3n) is 17.4. The van der Waals surface area contributed by atoms with Crippen LogP contribution in [0.3, 0.4) is 0 Å². The maximum absolute atomic E-state index is 13.3. The van der Waals surface area contributed by atoms with Crippen LogP contribution in [0.4, 0.5) is 0 Å². The van der Waals surface area contributed by atoms with E-state index in [4.69, 9.17) is 18.9 Å². The highest BCUT2D eigenvalue weighted by molar-refractivity contribution is 5.76. The highest BCUT2D eigenvalue weighted by Gasteiger charge is 2.51. The van der Waals surface area contributed by atoms with Crippen LogP contribution in [0, 0.1) is 0 Å². The molecule has 0 aromatic carbocycles. The number of allylic oxidation sites excluding steroid dienone is 9. The number of hydrogen-bond acceptors (Lipinski definition) is 13. The van der Waals surface area contributed by atoms with Gasteiger partial charge in [0.25, 0.3) is 0 Å². The summed E-state index contributed by atoms with van der Waals surface area (Å²) in [6, 6.07) is -0.938. The molecule has 0 bridgehead atoms. The molecular formula is C73H133NO13. The van der Waals surface area contributed by atoms with Crippen LogP contribution in [0.25, 0.3) is 0 Å². The molecule has 508 valence electrons. The number of carbonyl (C=O) groups excluding carboxylic acids is 1. The van der Waals surface area contributed by atoms with E-state index in [0.29, 0.717) is 12.8 Å². The fraction of sp³-hybridized carbons (Fsp3) is 0.849. The monoisotopic (exact) mass is 1230 g/mol. The summed E-state index contributed by atoms with van der Waals surface area (Å²) in [5.41, 5.74) is 0. The molecule has 0 saturated carbocycles. The summed E-state index contributed by atoms with van der Waals surface area (Å²) in [6.45, 7) is 2.77. The lowest BCUT2D eigenvalue weighted by atomic mass is 9.97. The van der Waals surface area contributed by atoms with E-state index in [1.165, 1.54) is 218 Å². The molecule has 0 aromatic rings. The van der Waals surface area contributed by atoms with Gasteiger partial charge in [0.2, 0.25) is 5.91 Å². The van der Waals surface area contributed by atoms with Crippen molar-refractivity contribution in [2.75, 3.05) is 19.8 Å². The van der Waals surface area contributed by atoms with Crippen LogP contribution in [-0.4, -0.2) is 140 Å². The zero-order valence-corrected chi connectivity index (χ0v) is 55.3. The van der Waals surface area contributed by atoms with Crippen molar-refractivity contribution in [2.45, 2.75) is 376 Å². The molecule has 14 nitrogen and oxygen atoms in total. The molecule has 2 rings (SSSR count). The van der Waals surface area contributed by atoms with Crippen LogP contribution in [0.2, 0.25) is 0 Å². The first-order valence-corrected chi connectivity index (χ1v) is 36.0. The Labute approximate surface area is 530 Å². The Bertz CT molecular complexity index is 1690. The van der Waals surface area contributed by atoms with Crippen molar-refractivity contribution in [3.63, 3.8) is 0 Å². The van der Waals surface area contributed by atoms with Gasteiger partial charge in [0.1, 0.15) is 48.8 Å². The molecular weight excluding hydrogens is 1100 g/mol. The van der Waals surface area contributed by atoms with E-state index in [-0.39, 0.29) is 18.9 Å². The standard InChI is InChI=1S/C73H133NO13/c1-3-5-7-9-11-13-15-17-19-21-22-23-24-25-26-27-28-29-30-31-32-33-34-35-36-37-38-39-40-41-43-45-47-49-51-53-55-57-65(78)74-61(62(77)56-54-52-50-48-46-44-42-20-18-16-14-12-10-8-6-4-2)60-84-72-70(83)68(81)71(64(59-76)86-72)87-73-69(82)67(80)66(79)63(58-75)85-73/h15,17-18,20-22,46,48,54,56,61-64,66-73,75-77,79-83H,3-14,16,19,23-45,47,49-53,55,57-60H2,1-2H3,(H,74,78)/b17-15-,20-18+,22-21-,48-46+,56-54+. The molecule has 87 heavy (non-hydrogen) atoms. The van der Waals surface area contributed by atoms with Gasteiger partial charge in [-0.2, -0.15) is 0 Å². The normalized spacial score (nSPS) is 23.6. The quantitative estimate of drug-likeness (QED) is 0.0204. The number of rotatable bonds is 59. The van der Waals surface area contributed by atoms with Crippen LogP contribution in [0.15, 0.2) is 60.8 Å². The molecule has 14 heteroatoms. The van der Waals surface area contributed by atoms with E-state index in [2.05, 4.69) is 67.8 Å². The Hall–Kier alpha value is -2.31. The summed E-state index contributed by atoms with van der Waals surface area (Å²) in [4.78, 5) is 13.3. The summed E-state index contributed by atoms with van der Waals surface area (Å²) in [5, 5.41) is 87.3. The molecule has 0 aromatic heterocycles. The highest BCUT2D eigenvalue weighted by Crippen LogP contribution is 2.30. The predicted octanol–water partition coefficient (Wildman–Crippen LogP) is 14.8. The van der Waals surface area contributed by atoms with E-state index in [1.807, 2.05) is 6.08 Å². The van der Waals surface area contributed by atoms with Gasteiger partial charge < -0.3 is 65.1 Å². The molecule has 2 heterocycles. The third-order valence-corrected chi connectivity index (χ3v) is 17.4. The zero-order valence-electron chi connectivity index (χ0n) is 55.3. The van der Waals surface area contributed by atoms with Gasteiger partial charge in [-0.15, -0.1) is 0 Å². The van der Waals surface area contributed by atoms with E-state index >= 15 is 0 Å². The molecule has 2 fully saturated rings. The number of carbonyl (C=O) groups is 1. The fourth-order valence-electron chi connectivity index (χ4n) is 11.7. The zero-order chi connectivity index (χ0) is 63.1. The lowest BCUT2D eigenvalue weighted by Gasteiger charge is -2.46. The van der Waals surface area contributed by atoms with Crippen molar-refractivity contribution in [2.24, 2.45) is 0 Å². The predicted molar refractivity (Wildman–Crippen MR) is 355 cm³/mol. The molecule has 2 saturated heterocycles. The minimum absolute atomic E-state index is 0.250. The van der Waals surface area contributed by atoms with Crippen LogP contribution < -0.4 is 5.32 Å². The smallest absolute Gasteiger partial charge is 0.220 e. The number of ether oxygens (including phenoxy) is 4. The Balaban J connectivity index is 1.59. The van der Waals surface area contributed by atoms with Crippen molar-refractivity contribution in [1.82, 2.24) is 5.32 Å². The topological polar surface area (TPSA) is 228 Å². The maximum Gasteiger partial charge on any atom is 0.220 e. The number of unbranched alkanes of at least 4 members (excludes halogenated alkanes) is 38. The molecule has 1 amide bonds. The van der Waals surface area contributed by atoms with Gasteiger partial charge in [-0.25, -0.2) is 0 Å². The van der Waals surface area contributed by atoms with Crippen molar-refractivity contribution in [3.8, 4) is 0 Å². The van der Waals surface area contributed by atoms with Crippen molar-refractivity contribution < 1.29 is 64.6 Å². The Morgan fingerprint density at radius 2 is 0.770 bits per heavy atom. The highest BCUT2D eigenvalue weighted by atomic mass is 16.7. The Morgan fingerprint density at radius 3 is 1.20 bits per heavy atom. The van der Waals surface area contributed by atoms with E-state index < -0.39 is 86.8 Å². The lowest BCUT2D eigenvalue weighted by molar-refractivity contribution is -0.359. The Kier molecular flexibility index (Phi) is 53.5. The first kappa shape index (κ1) is 80.8. The molecule has 12 atom stereocenters. The summed E-state index contributed by atoms with van der Waals surface area (Å²) in [6.07, 6.45) is 60.2. The fourth-order valence-corrected chi connectivity index (χ4v) is 11.7. The molecule has 0 spiro atoms. The second-order valence-electron chi connectivity index (χ2n) is 25.3. The van der Waals surface area contributed by atoms with Crippen molar-refractivity contribution >= 4 is 5.91 Å². The van der Waals surface area contributed by atoms with Crippen LogP contribution in [-0.2, 0) is 23.7 Å². The molecule has 2 aliphatic heterocycles. The SMILES string of the molecule is CCCCCCC/C=C\C/C=C\CCCCCCCCCCCCCCCCCCCCCCCCCCCC(=O)NC(COC1OC(CO)C(OC2OC(CO)C(O)C(O)C2O)C(O)C1O)C(O)/C=C/CC/C=C/CC/C=C/CCCCCCCC. The van der Waals surface area contributed by atoms with Crippen LogP contribution in [0.1, 0.15) is 303 Å². The van der Waals surface area contributed by atoms with Gasteiger partial charge >= 0.3 is 0 Å². The first-order valence-electron chi connectivity index (χ1n) is 36.0. The Morgan fingerprint density at radius 1 is 0.414 bits per heavy atom. The minimum atomic E-state index is -1.79. The number of hydrogen-bond donors (Lipinski definition) is 9. The van der Waals surface area contributed by atoms with Gasteiger partial charge in [0, 0.05) is 6.42 Å². The van der Waals surface area contributed by atoms with Gasteiger partial charge in [-0.3, -0.25) is 4.79 Å². The van der Waals surface area contributed by atoms with E-state index in [1.54, 1.807) is 6.08 Å². The van der Waals surface area contributed by atoms with Gasteiger partial charge in [0.05, 0.1) is 32.0 Å². The molecule has 0 radical (unpaired) electrons. The van der Waals surface area contributed by atoms with E-state index in [0.717, 1.165) is 51.4 Å². The minimum Gasteiger partial charge on any atom is -0.394 e. The summed E-state index contributed by atoms with van der Waals surface area (Å²) in [7, 11) is 0. The average molecular weight is 1230 g/mol. The maximum atomic E-state index is 13.3. The number of aliphatic hydroxyl groups excluding tert-OH is 8. The number of aliphatic hydroxyl groups is 8. The summed E-state index contributed by atoms with van der Waals surface area (Å²) in [5.74, 6) is -0.250. The van der Waals surface area contributed by atoms with E-state index in [9.17, 15) is 45.6 Å². The largest absolute Gasteiger partial charge is 0.394 e. The second kappa shape index (κ2) is 57.6. The first-order chi connectivity index (χ1) is 42.6. The summed E-state index contributed by atoms with van der Waals surface area (Å²) >= 11 is 0.